The summed E-state index contributed by atoms with van der Waals surface area (Å²) in [5, 5.41) is 2.61. The standard InChI is InChI=1S/C12H9N.C7H5NO/c1-3-7-11-9(5-1)10-6-2-4-8-12(10)13-11;1-2-4-7-6(3-1)8-5-9-7/h1-8,13H;1-5H. The van der Waals surface area contributed by atoms with Crippen molar-refractivity contribution in [3.8, 4) is 0 Å². The fourth-order valence-electron chi connectivity index (χ4n) is 2.60. The SMILES string of the molecule is c1ccc2c(c1)[nH]c1ccccc12.c1ccc2ocnc2c1. The molecule has 0 amide bonds. The normalized spacial score (nSPS) is 10.7. The molecule has 0 saturated heterocycles. The Bertz CT molecular complexity index is 962. The molecule has 0 aliphatic carbocycles. The van der Waals surface area contributed by atoms with Gasteiger partial charge in [0.05, 0.1) is 0 Å². The third kappa shape index (κ3) is 2.23. The van der Waals surface area contributed by atoms with Crippen LogP contribution in [-0.4, -0.2) is 9.97 Å². The summed E-state index contributed by atoms with van der Waals surface area (Å²) in [6, 6.07) is 24.4. The van der Waals surface area contributed by atoms with Gasteiger partial charge in [-0.1, -0.05) is 48.5 Å². The Morgan fingerprint density at radius 1 is 0.682 bits per heavy atom. The van der Waals surface area contributed by atoms with Crippen LogP contribution in [0, 0.1) is 0 Å². The van der Waals surface area contributed by atoms with Crippen LogP contribution in [0.4, 0.5) is 0 Å². The number of aromatic nitrogens is 2. The van der Waals surface area contributed by atoms with Gasteiger partial charge in [0.25, 0.3) is 0 Å². The second-order valence-electron chi connectivity index (χ2n) is 5.04. The van der Waals surface area contributed by atoms with Crippen LogP contribution < -0.4 is 0 Å². The topological polar surface area (TPSA) is 41.8 Å². The Morgan fingerprint density at radius 2 is 1.27 bits per heavy atom. The molecule has 0 aliphatic heterocycles. The van der Waals surface area contributed by atoms with Crippen LogP contribution in [0.3, 0.4) is 0 Å². The lowest BCUT2D eigenvalue weighted by Gasteiger charge is -1.87. The molecule has 0 bridgehead atoms. The molecule has 2 heterocycles. The minimum Gasteiger partial charge on any atom is -0.443 e. The average Bonchev–Trinajstić information content (AvgIpc) is 3.19. The summed E-state index contributed by atoms with van der Waals surface area (Å²) in [5.74, 6) is 0. The number of hydrogen-bond acceptors (Lipinski definition) is 2. The third-order valence-electron chi connectivity index (χ3n) is 3.65. The Morgan fingerprint density at radius 3 is 1.95 bits per heavy atom. The quantitative estimate of drug-likeness (QED) is 0.428. The summed E-state index contributed by atoms with van der Waals surface area (Å²) in [4.78, 5) is 7.33. The summed E-state index contributed by atoms with van der Waals surface area (Å²) in [6.45, 7) is 0. The fourth-order valence-corrected chi connectivity index (χ4v) is 2.60. The van der Waals surface area contributed by atoms with Crippen molar-refractivity contribution in [1.29, 1.82) is 0 Å². The first-order chi connectivity index (χ1) is 10.9. The van der Waals surface area contributed by atoms with Gasteiger partial charge in [-0.3, -0.25) is 0 Å². The van der Waals surface area contributed by atoms with Crippen molar-refractivity contribution in [1.82, 2.24) is 9.97 Å². The number of aromatic amines is 1. The number of para-hydroxylation sites is 4. The lowest BCUT2D eigenvalue weighted by molar-refractivity contribution is 0.602. The number of benzene rings is 3. The third-order valence-corrected chi connectivity index (χ3v) is 3.65. The zero-order chi connectivity index (χ0) is 14.8. The van der Waals surface area contributed by atoms with E-state index in [2.05, 4.69) is 58.5 Å². The molecule has 106 valence electrons. The van der Waals surface area contributed by atoms with Gasteiger partial charge in [-0.05, 0) is 24.3 Å². The largest absolute Gasteiger partial charge is 0.443 e. The smallest absolute Gasteiger partial charge is 0.181 e. The van der Waals surface area contributed by atoms with Gasteiger partial charge in [-0.15, -0.1) is 0 Å². The van der Waals surface area contributed by atoms with Gasteiger partial charge in [0.1, 0.15) is 5.52 Å². The van der Waals surface area contributed by atoms with Gasteiger partial charge in [-0.25, -0.2) is 4.98 Å². The summed E-state index contributed by atoms with van der Waals surface area (Å²) in [6.07, 6.45) is 1.45. The first-order valence-electron chi connectivity index (χ1n) is 7.15. The highest BCUT2D eigenvalue weighted by molar-refractivity contribution is 6.06. The van der Waals surface area contributed by atoms with Crippen molar-refractivity contribution in [2.24, 2.45) is 0 Å². The maximum Gasteiger partial charge on any atom is 0.181 e. The molecule has 22 heavy (non-hydrogen) atoms. The Labute approximate surface area is 127 Å². The Hall–Kier alpha value is -3.07. The predicted molar refractivity (Wildman–Crippen MR) is 89.8 cm³/mol. The van der Waals surface area contributed by atoms with E-state index < -0.39 is 0 Å². The first kappa shape index (κ1) is 12.7. The predicted octanol–water partition coefficient (Wildman–Crippen LogP) is 5.15. The number of fused-ring (bicyclic) bond motifs is 4. The molecule has 0 unspecified atom stereocenters. The lowest BCUT2D eigenvalue weighted by Crippen LogP contribution is -1.62. The van der Waals surface area contributed by atoms with Crippen LogP contribution in [0.25, 0.3) is 32.9 Å². The Balaban J connectivity index is 0.000000122. The van der Waals surface area contributed by atoms with Crippen molar-refractivity contribution >= 4 is 32.9 Å². The van der Waals surface area contributed by atoms with Crippen LogP contribution in [0.5, 0.6) is 0 Å². The van der Waals surface area contributed by atoms with Gasteiger partial charge >= 0.3 is 0 Å². The van der Waals surface area contributed by atoms with E-state index in [1.165, 1.54) is 28.2 Å². The molecule has 0 atom stereocenters. The fraction of sp³-hybridized carbons (Fsp3) is 0. The molecule has 1 N–H and O–H groups in total. The van der Waals surface area contributed by atoms with Gasteiger partial charge in [0.15, 0.2) is 12.0 Å². The summed E-state index contributed by atoms with van der Waals surface area (Å²) >= 11 is 0. The van der Waals surface area contributed by atoms with Crippen LogP contribution in [0.15, 0.2) is 83.6 Å². The van der Waals surface area contributed by atoms with E-state index in [0.29, 0.717) is 0 Å². The minimum atomic E-state index is 0.845. The molecule has 3 heteroatoms. The van der Waals surface area contributed by atoms with Crippen molar-refractivity contribution in [3.05, 3.63) is 79.2 Å². The first-order valence-corrected chi connectivity index (χ1v) is 7.15. The van der Waals surface area contributed by atoms with E-state index in [0.717, 1.165) is 11.1 Å². The number of H-pyrrole nitrogens is 1. The van der Waals surface area contributed by atoms with Crippen LogP contribution >= 0.6 is 0 Å². The van der Waals surface area contributed by atoms with Crippen LogP contribution in [0.2, 0.25) is 0 Å². The Kier molecular flexibility index (Phi) is 3.09. The molecule has 5 rings (SSSR count). The maximum atomic E-state index is 5.01. The maximum absolute atomic E-state index is 5.01. The zero-order valence-electron chi connectivity index (χ0n) is 11.9. The van der Waals surface area contributed by atoms with E-state index in [-0.39, 0.29) is 0 Å². The highest BCUT2D eigenvalue weighted by Crippen LogP contribution is 2.24. The number of nitrogens with one attached hydrogen (secondary N) is 1. The number of rotatable bonds is 0. The van der Waals surface area contributed by atoms with Gasteiger partial charge in [0.2, 0.25) is 0 Å². The molecule has 3 nitrogen and oxygen atoms in total. The molecule has 0 radical (unpaired) electrons. The summed E-state index contributed by atoms with van der Waals surface area (Å²) in [5.41, 5.74) is 4.18. The number of hydrogen-bond donors (Lipinski definition) is 1. The molecular weight excluding hydrogens is 272 g/mol. The molecular formula is C19H14N2O. The van der Waals surface area contributed by atoms with Crippen LogP contribution in [0.1, 0.15) is 0 Å². The molecule has 5 aromatic rings. The summed E-state index contributed by atoms with van der Waals surface area (Å²) in [7, 11) is 0. The second-order valence-corrected chi connectivity index (χ2v) is 5.04. The van der Waals surface area contributed by atoms with E-state index in [1.54, 1.807) is 0 Å². The molecule has 0 aliphatic rings. The number of oxazole rings is 1. The van der Waals surface area contributed by atoms with Crippen molar-refractivity contribution in [2.45, 2.75) is 0 Å². The molecule has 2 aromatic heterocycles. The van der Waals surface area contributed by atoms with E-state index in [9.17, 15) is 0 Å². The molecule has 3 aromatic carbocycles. The van der Waals surface area contributed by atoms with Gasteiger partial charge in [0, 0.05) is 21.8 Å². The average molecular weight is 286 g/mol. The lowest BCUT2D eigenvalue weighted by atomic mass is 10.2. The van der Waals surface area contributed by atoms with Crippen molar-refractivity contribution < 1.29 is 4.42 Å². The molecule has 0 fully saturated rings. The van der Waals surface area contributed by atoms with Crippen molar-refractivity contribution in [2.75, 3.05) is 0 Å². The van der Waals surface area contributed by atoms with E-state index >= 15 is 0 Å². The van der Waals surface area contributed by atoms with Gasteiger partial charge < -0.3 is 9.40 Å². The summed E-state index contributed by atoms with van der Waals surface area (Å²) < 4.78 is 5.01. The van der Waals surface area contributed by atoms with Gasteiger partial charge in [-0.2, -0.15) is 0 Å². The van der Waals surface area contributed by atoms with Crippen LogP contribution in [-0.2, 0) is 0 Å². The van der Waals surface area contributed by atoms with Crippen molar-refractivity contribution in [3.63, 3.8) is 0 Å². The number of nitrogens with zero attached hydrogens (tertiary/aromatic N) is 1. The highest BCUT2D eigenvalue weighted by Gasteiger charge is 2.00. The minimum absolute atomic E-state index is 0.845. The highest BCUT2D eigenvalue weighted by atomic mass is 16.3. The second kappa shape index (κ2) is 5.37. The van der Waals surface area contributed by atoms with E-state index in [1.807, 2.05) is 24.3 Å². The zero-order valence-corrected chi connectivity index (χ0v) is 11.9. The molecule has 0 spiro atoms. The monoisotopic (exact) mass is 286 g/mol. The van der Waals surface area contributed by atoms with E-state index in [4.69, 9.17) is 4.42 Å². The molecule has 0 saturated carbocycles.